The quantitative estimate of drug-likeness (QED) is 0.391. The standard InChI is InChI=1S/C19H19BrF3N3S/c1-3-4-14(24-15-8-13(20)18(22)17(21)9(15)2)19-12-6-10-5-11(10)7-16(12)26(25-19)27-23/h8,10-11H,3-7H2,1-2H3/b24-14+. The Balaban J connectivity index is 1.83. The number of halogens is 4. The number of aliphatic imine (C=N–C) groups is 1. The van der Waals surface area contributed by atoms with Crippen molar-refractivity contribution in [2.75, 3.05) is 0 Å². The normalized spacial score (nSPS) is 21.2. The second kappa shape index (κ2) is 7.28. The zero-order valence-corrected chi connectivity index (χ0v) is 17.4. The van der Waals surface area contributed by atoms with E-state index in [4.69, 9.17) is 0 Å². The van der Waals surface area contributed by atoms with Crippen LogP contribution in [0.25, 0.3) is 0 Å². The van der Waals surface area contributed by atoms with Gasteiger partial charge in [0.05, 0.1) is 21.6 Å². The van der Waals surface area contributed by atoms with Gasteiger partial charge in [-0.3, -0.25) is 4.99 Å². The van der Waals surface area contributed by atoms with Crippen LogP contribution in [0.3, 0.4) is 0 Å². The van der Waals surface area contributed by atoms with Gasteiger partial charge >= 0.3 is 0 Å². The molecule has 2 unspecified atom stereocenters. The molecule has 0 spiro atoms. The van der Waals surface area contributed by atoms with E-state index >= 15 is 0 Å². The molecule has 0 bridgehead atoms. The molecule has 0 amide bonds. The number of hydrogen-bond acceptors (Lipinski definition) is 3. The van der Waals surface area contributed by atoms with Crippen LogP contribution >= 0.6 is 28.3 Å². The summed E-state index contributed by atoms with van der Waals surface area (Å²) in [7, 11) is 0. The molecule has 1 fully saturated rings. The summed E-state index contributed by atoms with van der Waals surface area (Å²) in [4.78, 5) is 4.65. The first-order chi connectivity index (χ1) is 12.9. The molecule has 1 aromatic heterocycles. The van der Waals surface area contributed by atoms with E-state index in [1.165, 1.54) is 23.5 Å². The Hall–Kier alpha value is -1.28. The number of fused-ring (bicyclic) bond motifs is 2. The van der Waals surface area contributed by atoms with Crippen molar-refractivity contribution in [3.05, 3.63) is 44.7 Å². The van der Waals surface area contributed by atoms with Crippen molar-refractivity contribution in [3.63, 3.8) is 0 Å². The van der Waals surface area contributed by atoms with Crippen LogP contribution in [0.5, 0.6) is 0 Å². The van der Waals surface area contributed by atoms with E-state index in [9.17, 15) is 12.7 Å². The van der Waals surface area contributed by atoms with E-state index in [0.717, 1.165) is 30.5 Å². The van der Waals surface area contributed by atoms with Gasteiger partial charge in [0.25, 0.3) is 0 Å². The van der Waals surface area contributed by atoms with Gasteiger partial charge in [0, 0.05) is 11.1 Å². The first-order valence-corrected chi connectivity index (χ1v) is 10.5. The smallest absolute Gasteiger partial charge is 0.187 e. The Morgan fingerprint density at radius 2 is 2.07 bits per heavy atom. The van der Waals surface area contributed by atoms with Gasteiger partial charge in [-0.25, -0.2) is 8.78 Å². The van der Waals surface area contributed by atoms with Crippen molar-refractivity contribution in [2.45, 2.75) is 46.0 Å². The van der Waals surface area contributed by atoms with E-state index in [2.05, 4.69) is 26.0 Å². The molecule has 1 heterocycles. The van der Waals surface area contributed by atoms with Crippen LogP contribution in [-0.4, -0.2) is 14.9 Å². The summed E-state index contributed by atoms with van der Waals surface area (Å²) < 4.78 is 42.7. The van der Waals surface area contributed by atoms with Crippen LogP contribution in [0.15, 0.2) is 15.5 Å². The van der Waals surface area contributed by atoms with Crippen molar-refractivity contribution in [1.29, 1.82) is 0 Å². The first-order valence-electron chi connectivity index (χ1n) is 9.06. The molecule has 0 N–H and O–H groups in total. The lowest BCUT2D eigenvalue weighted by Crippen LogP contribution is -2.10. The fourth-order valence-corrected chi connectivity index (χ4v) is 4.66. The average Bonchev–Trinajstić information content (AvgIpc) is 3.33. The molecule has 0 saturated heterocycles. The first kappa shape index (κ1) is 19.1. The predicted octanol–water partition coefficient (Wildman–Crippen LogP) is 6.27. The summed E-state index contributed by atoms with van der Waals surface area (Å²) in [5, 5.41) is 4.47. The van der Waals surface area contributed by atoms with Crippen LogP contribution < -0.4 is 0 Å². The fourth-order valence-electron chi connectivity index (χ4n) is 3.89. The largest absolute Gasteiger partial charge is 0.251 e. The minimum atomic E-state index is -0.918. The van der Waals surface area contributed by atoms with Crippen LogP contribution in [0.1, 0.15) is 48.7 Å². The molecule has 2 aromatic rings. The molecule has 1 saturated carbocycles. The highest BCUT2D eigenvalue weighted by atomic mass is 79.9. The third-order valence-electron chi connectivity index (χ3n) is 5.51. The van der Waals surface area contributed by atoms with Crippen LogP contribution in [-0.2, 0) is 12.8 Å². The summed E-state index contributed by atoms with van der Waals surface area (Å²) in [6.07, 6.45) is 4.36. The van der Waals surface area contributed by atoms with E-state index in [0.29, 0.717) is 35.3 Å². The molecule has 2 atom stereocenters. The van der Waals surface area contributed by atoms with Gasteiger partial charge in [-0.05, 0) is 66.4 Å². The summed E-state index contributed by atoms with van der Waals surface area (Å²) in [5.74, 6) is -0.533. The Kier molecular flexibility index (Phi) is 5.14. The third-order valence-corrected chi connectivity index (χ3v) is 6.52. The molecule has 2 aliphatic rings. The molecular formula is C19H19BrF3N3S. The van der Waals surface area contributed by atoms with Crippen molar-refractivity contribution in [1.82, 2.24) is 9.19 Å². The SMILES string of the molecule is CCC/C(=N\c1cc(Br)c(F)c(F)c1C)c1nn(SF)c2c1CC1CC1C2. The maximum absolute atomic E-state index is 14.1. The van der Waals surface area contributed by atoms with E-state index < -0.39 is 11.6 Å². The van der Waals surface area contributed by atoms with Crippen molar-refractivity contribution in [3.8, 4) is 0 Å². The van der Waals surface area contributed by atoms with Crippen molar-refractivity contribution < 1.29 is 12.7 Å². The Morgan fingerprint density at radius 1 is 1.33 bits per heavy atom. The lowest BCUT2D eigenvalue weighted by Gasteiger charge is -2.13. The molecule has 2 aliphatic carbocycles. The zero-order chi connectivity index (χ0) is 19.3. The minimum absolute atomic E-state index is 0.0351. The number of rotatable bonds is 5. The van der Waals surface area contributed by atoms with Gasteiger partial charge < -0.3 is 0 Å². The summed E-state index contributed by atoms with van der Waals surface area (Å²) in [6, 6.07) is 1.48. The van der Waals surface area contributed by atoms with E-state index in [1.807, 2.05) is 6.92 Å². The molecule has 4 rings (SSSR count). The molecule has 8 heteroatoms. The topological polar surface area (TPSA) is 30.2 Å². The van der Waals surface area contributed by atoms with Gasteiger partial charge in [-0.1, -0.05) is 13.3 Å². The average molecular weight is 458 g/mol. The number of benzene rings is 1. The Labute approximate surface area is 169 Å². The second-order valence-corrected chi connectivity index (χ2v) is 8.66. The second-order valence-electron chi connectivity index (χ2n) is 7.32. The highest BCUT2D eigenvalue weighted by molar-refractivity contribution is 9.10. The van der Waals surface area contributed by atoms with Crippen molar-refractivity contribution in [2.24, 2.45) is 16.8 Å². The summed E-state index contributed by atoms with van der Waals surface area (Å²) >= 11 is 3.16. The molecule has 144 valence electrons. The van der Waals surface area contributed by atoms with Crippen LogP contribution in [0, 0.1) is 30.4 Å². The van der Waals surface area contributed by atoms with E-state index in [1.54, 1.807) is 0 Å². The van der Waals surface area contributed by atoms with Gasteiger partial charge in [0.15, 0.2) is 24.0 Å². The zero-order valence-electron chi connectivity index (χ0n) is 15.0. The molecule has 0 aliphatic heterocycles. The molecule has 3 nitrogen and oxygen atoms in total. The highest BCUT2D eigenvalue weighted by Gasteiger charge is 2.44. The lowest BCUT2D eigenvalue weighted by molar-refractivity contribution is 0.499. The Morgan fingerprint density at radius 3 is 2.78 bits per heavy atom. The maximum atomic E-state index is 14.1. The Bertz CT molecular complexity index is 941. The number of nitrogens with zero attached hydrogens (tertiary/aromatic N) is 3. The fraction of sp³-hybridized carbons (Fsp3) is 0.474. The van der Waals surface area contributed by atoms with Gasteiger partial charge in [0.1, 0.15) is 5.69 Å². The van der Waals surface area contributed by atoms with Crippen molar-refractivity contribution >= 4 is 39.7 Å². The van der Waals surface area contributed by atoms with Crippen LogP contribution in [0.2, 0.25) is 0 Å². The molecule has 27 heavy (non-hydrogen) atoms. The highest BCUT2D eigenvalue weighted by Crippen LogP contribution is 2.49. The van der Waals surface area contributed by atoms with Gasteiger partial charge in [-0.15, -0.1) is 3.89 Å². The van der Waals surface area contributed by atoms with Gasteiger partial charge in [-0.2, -0.15) is 9.19 Å². The maximum Gasteiger partial charge on any atom is 0.187 e. The lowest BCUT2D eigenvalue weighted by atomic mass is 9.93. The monoisotopic (exact) mass is 457 g/mol. The third kappa shape index (κ3) is 3.35. The minimum Gasteiger partial charge on any atom is -0.251 e. The number of aromatic nitrogens is 2. The molecular weight excluding hydrogens is 439 g/mol. The molecule has 0 radical (unpaired) electrons. The number of hydrogen-bond donors (Lipinski definition) is 0. The molecule has 1 aromatic carbocycles. The summed E-state index contributed by atoms with van der Waals surface area (Å²) in [6.45, 7) is 3.53. The van der Waals surface area contributed by atoms with E-state index in [-0.39, 0.29) is 22.4 Å². The predicted molar refractivity (Wildman–Crippen MR) is 105 cm³/mol. The summed E-state index contributed by atoms with van der Waals surface area (Å²) in [5.41, 5.74) is 3.90. The van der Waals surface area contributed by atoms with Gasteiger partial charge in [0.2, 0.25) is 0 Å². The van der Waals surface area contributed by atoms with Crippen LogP contribution in [0.4, 0.5) is 18.4 Å².